The molecule has 2 heterocycles. The summed E-state index contributed by atoms with van der Waals surface area (Å²) in [5.74, 6) is 0.436. The van der Waals surface area contributed by atoms with Crippen molar-refractivity contribution in [2.24, 2.45) is 5.92 Å². The molecular formula is C44H55NO10. The minimum Gasteiger partial charge on any atom is -0.491 e. The fourth-order valence-corrected chi connectivity index (χ4v) is 7.11. The first kappa shape index (κ1) is 40.6. The molecule has 2 saturated heterocycles. The van der Waals surface area contributed by atoms with Crippen LogP contribution in [0, 0.1) is 5.92 Å². The number of hydrogen-bond donors (Lipinski definition) is 2. The van der Waals surface area contributed by atoms with Gasteiger partial charge in [0.2, 0.25) is 0 Å². The Kier molecular flexibility index (Phi) is 16.1. The summed E-state index contributed by atoms with van der Waals surface area (Å²) in [6.45, 7) is 1.89. The fourth-order valence-electron chi connectivity index (χ4n) is 7.11. The van der Waals surface area contributed by atoms with E-state index in [9.17, 15) is 14.7 Å². The Labute approximate surface area is 324 Å². The molecule has 1 saturated carbocycles. The summed E-state index contributed by atoms with van der Waals surface area (Å²) in [7, 11) is 0. The summed E-state index contributed by atoms with van der Waals surface area (Å²) in [4.78, 5) is 25.0. The second-order valence-electron chi connectivity index (χ2n) is 14.3. The smallest absolute Gasteiger partial charge is 0.311 e. The summed E-state index contributed by atoms with van der Waals surface area (Å²) in [6.07, 6.45) is 10.1. The average molecular weight is 758 g/mol. The fraction of sp³-hybridized carbons (Fsp3) is 0.500. The van der Waals surface area contributed by atoms with Gasteiger partial charge in [0, 0.05) is 43.2 Å². The quantitative estimate of drug-likeness (QED) is 0.0545. The summed E-state index contributed by atoms with van der Waals surface area (Å²) < 4.78 is 42.8. The van der Waals surface area contributed by atoms with Crippen LogP contribution in [-0.4, -0.2) is 80.4 Å². The standard InChI is InChI=1S/C44H55NO10/c46-38-29-39(55-42-22-12-14-28-50-42)43(52-31-36(54-41-21-11-13-27-49-41)30-51-34-17-7-4-8-18-34)37(38)19-9-1-2-10-20-40(47)53-35-25-23-33(24-26-35)45-44(48)32-15-5-3-6-16-32/h1,3-9,15-18,23-26,36-39,41-43,46H,2,10-14,19-22,27-31H2,(H,45,48)/b9-1-/t36?,37-,38-,39+,41?,42?,43+/m0/s1. The van der Waals surface area contributed by atoms with Gasteiger partial charge in [-0.25, -0.2) is 0 Å². The van der Waals surface area contributed by atoms with Gasteiger partial charge < -0.3 is 43.6 Å². The van der Waals surface area contributed by atoms with Gasteiger partial charge in [-0.15, -0.1) is 0 Å². The van der Waals surface area contributed by atoms with Crippen molar-refractivity contribution in [1.29, 1.82) is 0 Å². The number of allylic oxidation sites excluding steroid dienone is 2. The second kappa shape index (κ2) is 21.8. The van der Waals surface area contributed by atoms with E-state index >= 15 is 0 Å². The average Bonchev–Trinajstić information content (AvgIpc) is 3.51. The molecule has 7 atom stereocenters. The van der Waals surface area contributed by atoms with E-state index in [0.29, 0.717) is 62.5 Å². The SMILES string of the molecule is O=C(CCC/C=C\C[C@@H]1[C@@H](OCC(COc2ccccc2)OC2CCCCO2)[C@H](OC2CCCCO2)C[C@@H]1O)Oc1ccc(NC(=O)c2ccccc2)cc1. The molecule has 0 radical (unpaired) electrons. The van der Waals surface area contributed by atoms with E-state index < -0.39 is 6.10 Å². The minimum atomic E-state index is -0.613. The molecule has 6 rings (SSSR count). The van der Waals surface area contributed by atoms with Gasteiger partial charge in [0.25, 0.3) is 5.91 Å². The molecule has 2 N–H and O–H groups in total. The molecule has 0 spiro atoms. The molecule has 296 valence electrons. The van der Waals surface area contributed by atoms with Gasteiger partial charge in [-0.05, 0) is 106 Å². The van der Waals surface area contributed by atoms with Gasteiger partial charge in [0.05, 0.1) is 24.9 Å². The van der Waals surface area contributed by atoms with E-state index in [0.717, 1.165) is 44.3 Å². The topological polar surface area (TPSA) is 131 Å². The van der Waals surface area contributed by atoms with Crippen molar-refractivity contribution in [1.82, 2.24) is 0 Å². The van der Waals surface area contributed by atoms with Gasteiger partial charge >= 0.3 is 5.97 Å². The number of anilines is 1. The first-order chi connectivity index (χ1) is 27.0. The number of nitrogens with one attached hydrogen (secondary N) is 1. The summed E-state index contributed by atoms with van der Waals surface area (Å²) >= 11 is 0. The molecule has 3 aromatic rings. The molecule has 11 heteroatoms. The Morgan fingerprint density at radius 2 is 1.53 bits per heavy atom. The van der Waals surface area contributed by atoms with Crippen LogP contribution < -0.4 is 14.8 Å². The van der Waals surface area contributed by atoms with Crippen molar-refractivity contribution in [2.75, 3.05) is 31.7 Å². The highest BCUT2D eigenvalue weighted by Crippen LogP contribution is 2.36. The van der Waals surface area contributed by atoms with Crippen LogP contribution in [0.25, 0.3) is 0 Å². The molecule has 0 aromatic heterocycles. The third-order valence-corrected chi connectivity index (χ3v) is 10.1. The van der Waals surface area contributed by atoms with E-state index in [1.54, 1.807) is 36.4 Å². The van der Waals surface area contributed by atoms with Gasteiger partial charge in [-0.1, -0.05) is 48.6 Å². The Bertz CT molecular complexity index is 1590. The van der Waals surface area contributed by atoms with Crippen LogP contribution in [0.3, 0.4) is 0 Å². The lowest BCUT2D eigenvalue weighted by Crippen LogP contribution is -2.40. The largest absolute Gasteiger partial charge is 0.491 e. The van der Waals surface area contributed by atoms with Crippen molar-refractivity contribution >= 4 is 17.6 Å². The number of benzene rings is 3. The van der Waals surface area contributed by atoms with Crippen LogP contribution >= 0.6 is 0 Å². The van der Waals surface area contributed by atoms with Crippen molar-refractivity contribution in [2.45, 2.75) is 108 Å². The maximum atomic E-state index is 12.6. The molecule has 2 aliphatic heterocycles. The number of carbonyl (C=O) groups is 2. The lowest BCUT2D eigenvalue weighted by molar-refractivity contribution is -0.226. The molecule has 1 aliphatic carbocycles. The first-order valence-corrected chi connectivity index (χ1v) is 19.8. The molecule has 0 bridgehead atoms. The van der Waals surface area contributed by atoms with Crippen LogP contribution in [0.15, 0.2) is 97.1 Å². The number of amides is 1. The van der Waals surface area contributed by atoms with Gasteiger partial charge in [0.15, 0.2) is 12.6 Å². The highest BCUT2D eigenvalue weighted by molar-refractivity contribution is 6.04. The maximum absolute atomic E-state index is 12.6. The van der Waals surface area contributed by atoms with E-state index in [4.69, 9.17) is 33.2 Å². The predicted octanol–water partition coefficient (Wildman–Crippen LogP) is 7.63. The molecule has 1 amide bonds. The zero-order chi connectivity index (χ0) is 38.1. The van der Waals surface area contributed by atoms with Crippen molar-refractivity contribution in [3.05, 3.63) is 103 Å². The summed E-state index contributed by atoms with van der Waals surface area (Å²) in [6, 6.07) is 25.3. The van der Waals surface area contributed by atoms with Crippen molar-refractivity contribution < 1.29 is 47.9 Å². The monoisotopic (exact) mass is 757 g/mol. The number of unbranched alkanes of at least 4 members (excludes halogenated alkanes) is 1. The third kappa shape index (κ3) is 13.3. The van der Waals surface area contributed by atoms with Gasteiger partial charge in [0.1, 0.15) is 24.2 Å². The molecule has 3 fully saturated rings. The Hall–Kier alpha value is -4.10. The number of esters is 1. The second-order valence-corrected chi connectivity index (χ2v) is 14.3. The zero-order valence-corrected chi connectivity index (χ0v) is 31.5. The Morgan fingerprint density at radius 3 is 2.24 bits per heavy atom. The number of ether oxygens (including phenoxy) is 7. The van der Waals surface area contributed by atoms with Crippen LogP contribution in [0.5, 0.6) is 11.5 Å². The lowest BCUT2D eigenvalue weighted by atomic mass is 9.98. The van der Waals surface area contributed by atoms with E-state index in [2.05, 4.69) is 11.4 Å². The first-order valence-electron chi connectivity index (χ1n) is 19.8. The van der Waals surface area contributed by atoms with Gasteiger partial charge in [-0.2, -0.15) is 0 Å². The summed E-state index contributed by atoms with van der Waals surface area (Å²) in [5, 5.41) is 14.1. The lowest BCUT2D eigenvalue weighted by Gasteiger charge is -2.32. The number of para-hydroxylation sites is 1. The Balaban J connectivity index is 0.982. The highest BCUT2D eigenvalue weighted by atomic mass is 16.7. The zero-order valence-electron chi connectivity index (χ0n) is 31.5. The molecule has 3 unspecified atom stereocenters. The number of hydrogen-bond acceptors (Lipinski definition) is 10. The van der Waals surface area contributed by atoms with E-state index in [1.807, 2.05) is 54.6 Å². The molecule has 11 nitrogen and oxygen atoms in total. The third-order valence-electron chi connectivity index (χ3n) is 10.1. The maximum Gasteiger partial charge on any atom is 0.311 e. The van der Waals surface area contributed by atoms with E-state index in [1.165, 1.54) is 0 Å². The number of rotatable bonds is 19. The molecule has 55 heavy (non-hydrogen) atoms. The number of aliphatic hydroxyl groups is 1. The Morgan fingerprint density at radius 1 is 0.818 bits per heavy atom. The van der Waals surface area contributed by atoms with Crippen LogP contribution in [0.1, 0.15) is 81.0 Å². The molecule has 3 aromatic carbocycles. The molecular weight excluding hydrogens is 702 g/mol. The van der Waals surface area contributed by atoms with Crippen molar-refractivity contribution in [3.63, 3.8) is 0 Å². The number of aliphatic hydroxyl groups excluding tert-OH is 1. The normalized spacial score (nSPS) is 24.7. The molecule has 3 aliphatic rings. The predicted molar refractivity (Wildman–Crippen MR) is 207 cm³/mol. The van der Waals surface area contributed by atoms with E-state index in [-0.39, 0.29) is 61.7 Å². The summed E-state index contributed by atoms with van der Waals surface area (Å²) in [5.41, 5.74) is 1.17. The highest BCUT2D eigenvalue weighted by Gasteiger charge is 2.45. The van der Waals surface area contributed by atoms with Crippen LogP contribution in [0.4, 0.5) is 5.69 Å². The van der Waals surface area contributed by atoms with Crippen LogP contribution in [0.2, 0.25) is 0 Å². The van der Waals surface area contributed by atoms with Crippen LogP contribution in [-0.2, 0) is 28.5 Å². The van der Waals surface area contributed by atoms with Crippen molar-refractivity contribution in [3.8, 4) is 11.5 Å². The number of carbonyl (C=O) groups excluding carboxylic acids is 2. The minimum absolute atomic E-state index is 0.197. The van der Waals surface area contributed by atoms with Gasteiger partial charge in [-0.3, -0.25) is 9.59 Å².